The van der Waals surface area contributed by atoms with E-state index in [1.165, 1.54) is 32.1 Å². The molecule has 0 rings (SSSR count). The highest BCUT2D eigenvalue weighted by Crippen LogP contribution is 2.04. The lowest BCUT2D eigenvalue weighted by Gasteiger charge is -2.08. The number of alkyl halides is 1. The Morgan fingerprint density at radius 2 is 0.606 bits per heavy atom. The van der Waals surface area contributed by atoms with Crippen LogP contribution in [0.2, 0.25) is 0 Å². The number of ether oxygens (including phenoxy) is 8. The minimum absolute atomic E-state index is 0.124. The SMILES string of the molecule is CCCCCCCCOCCOCCOCCOCCOCCOCCOCCOCCF. The Morgan fingerprint density at radius 3 is 0.939 bits per heavy atom. The van der Waals surface area contributed by atoms with Crippen molar-refractivity contribution >= 4 is 0 Å². The van der Waals surface area contributed by atoms with E-state index >= 15 is 0 Å². The molecule has 9 heteroatoms. The maximum Gasteiger partial charge on any atom is 0.113 e. The summed E-state index contributed by atoms with van der Waals surface area (Å²) < 4.78 is 54.7. The van der Waals surface area contributed by atoms with Crippen molar-refractivity contribution in [1.82, 2.24) is 0 Å². The maximum absolute atomic E-state index is 11.8. The van der Waals surface area contributed by atoms with Crippen LogP contribution < -0.4 is 0 Å². The van der Waals surface area contributed by atoms with E-state index in [4.69, 9.17) is 37.9 Å². The van der Waals surface area contributed by atoms with Gasteiger partial charge in [0.25, 0.3) is 0 Å². The van der Waals surface area contributed by atoms with Crippen LogP contribution in [-0.4, -0.2) is 112 Å². The zero-order chi connectivity index (χ0) is 23.9. The Balaban J connectivity index is 2.99. The van der Waals surface area contributed by atoms with Gasteiger partial charge in [0, 0.05) is 6.61 Å². The predicted molar refractivity (Wildman–Crippen MR) is 126 cm³/mol. The van der Waals surface area contributed by atoms with Crippen LogP contribution in [0.4, 0.5) is 4.39 Å². The van der Waals surface area contributed by atoms with Crippen LogP contribution in [0.3, 0.4) is 0 Å². The summed E-state index contributed by atoms with van der Waals surface area (Å²) in [5.41, 5.74) is 0. The second kappa shape index (κ2) is 31.6. The summed E-state index contributed by atoms with van der Waals surface area (Å²) in [6, 6.07) is 0. The van der Waals surface area contributed by atoms with E-state index in [0.717, 1.165) is 13.0 Å². The van der Waals surface area contributed by atoms with Crippen molar-refractivity contribution in [3.8, 4) is 0 Å². The summed E-state index contributed by atoms with van der Waals surface area (Å²) in [6.07, 6.45) is 7.69. The second-order valence-corrected chi connectivity index (χ2v) is 7.36. The van der Waals surface area contributed by atoms with E-state index < -0.39 is 6.67 Å². The molecule has 0 aliphatic carbocycles. The fourth-order valence-corrected chi connectivity index (χ4v) is 2.68. The molecule has 0 amide bonds. The van der Waals surface area contributed by atoms with E-state index in [9.17, 15) is 4.39 Å². The molecule has 0 atom stereocenters. The third-order valence-electron chi connectivity index (χ3n) is 4.47. The highest BCUT2D eigenvalue weighted by atomic mass is 19.1. The topological polar surface area (TPSA) is 73.8 Å². The van der Waals surface area contributed by atoms with Gasteiger partial charge in [-0.3, -0.25) is 0 Å². The first-order valence-electron chi connectivity index (χ1n) is 12.6. The lowest BCUT2D eigenvalue weighted by Crippen LogP contribution is -2.15. The first-order valence-corrected chi connectivity index (χ1v) is 12.6. The molecule has 0 aliphatic rings. The van der Waals surface area contributed by atoms with Gasteiger partial charge in [0.2, 0.25) is 0 Å². The van der Waals surface area contributed by atoms with Gasteiger partial charge in [-0.1, -0.05) is 39.0 Å². The Morgan fingerprint density at radius 1 is 0.333 bits per heavy atom. The van der Waals surface area contributed by atoms with E-state index in [1.54, 1.807) is 0 Å². The minimum Gasteiger partial charge on any atom is -0.379 e. The van der Waals surface area contributed by atoms with Gasteiger partial charge in [-0.25, -0.2) is 4.39 Å². The fourth-order valence-electron chi connectivity index (χ4n) is 2.68. The molecule has 8 nitrogen and oxygen atoms in total. The largest absolute Gasteiger partial charge is 0.379 e. The van der Waals surface area contributed by atoms with Gasteiger partial charge in [-0.15, -0.1) is 0 Å². The van der Waals surface area contributed by atoms with Gasteiger partial charge >= 0.3 is 0 Å². The number of hydrogen-bond donors (Lipinski definition) is 0. The van der Waals surface area contributed by atoms with Crippen molar-refractivity contribution in [1.29, 1.82) is 0 Å². The molecule has 0 saturated heterocycles. The molecule has 0 radical (unpaired) electrons. The van der Waals surface area contributed by atoms with Crippen molar-refractivity contribution in [2.75, 3.05) is 112 Å². The Hall–Kier alpha value is -0.390. The zero-order valence-corrected chi connectivity index (χ0v) is 20.9. The molecule has 0 aliphatic heterocycles. The van der Waals surface area contributed by atoms with E-state index in [-0.39, 0.29) is 6.61 Å². The van der Waals surface area contributed by atoms with Crippen LogP contribution in [0.5, 0.6) is 0 Å². The Kier molecular flexibility index (Phi) is 31.2. The normalized spacial score (nSPS) is 11.5. The predicted octanol–water partition coefficient (Wildman–Crippen LogP) is 3.45. The van der Waals surface area contributed by atoms with Crippen LogP contribution in [0.15, 0.2) is 0 Å². The molecule has 0 N–H and O–H groups in total. The Bertz CT molecular complexity index is 310. The van der Waals surface area contributed by atoms with E-state index in [2.05, 4.69) is 6.92 Å². The summed E-state index contributed by atoms with van der Waals surface area (Å²) in [6.45, 7) is 10.1. The summed E-state index contributed by atoms with van der Waals surface area (Å²) in [5.74, 6) is 0. The monoisotopic (exact) mass is 484 g/mol. The summed E-state index contributed by atoms with van der Waals surface area (Å²) in [7, 11) is 0. The van der Waals surface area contributed by atoms with Gasteiger partial charge in [0.1, 0.15) is 6.67 Å². The standard InChI is InChI=1S/C24H49FO8/c1-2-3-4-5-6-7-9-26-11-13-28-15-17-30-19-21-32-23-24-33-22-20-31-18-16-29-14-12-27-10-8-25/h2-24H2,1H3. The summed E-state index contributed by atoms with van der Waals surface area (Å²) >= 11 is 0. The number of hydrogen-bond acceptors (Lipinski definition) is 8. The Labute approximate surface area is 200 Å². The first-order chi connectivity index (χ1) is 16.4. The average Bonchev–Trinajstić information content (AvgIpc) is 2.83. The molecule has 0 saturated carbocycles. The van der Waals surface area contributed by atoms with Crippen LogP contribution in [-0.2, 0) is 37.9 Å². The van der Waals surface area contributed by atoms with Crippen molar-refractivity contribution in [3.05, 3.63) is 0 Å². The third-order valence-corrected chi connectivity index (χ3v) is 4.47. The van der Waals surface area contributed by atoms with Crippen molar-refractivity contribution in [2.45, 2.75) is 45.4 Å². The molecule has 33 heavy (non-hydrogen) atoms. The molecule has 0 aromatic carbocycles. The van der Waals surface area contributed by atoms with E-state index in [1.807, 2.05) is 0 Å². The highest BCUT2D eigenvalue weighted by molar-refractivity contribution is 4.43. The van der Waals surface area contributed by atoms with Crippen LogP contribution >= 0.6 is 0 Å². The smallest absolute Gasteiger partial charge is 0.113 e. The maximum atomic E-state index is 11.8. The number of halogens is 1. The zero-order valence-electron chi connectivity index (χ0n) is 20.9. The van der Waals surface area contributed by atoms with Crippen molar-refractivity contribution in [3.63, 3.8) is 0 Å². The third kappa shape index (κ3) is 31.6. The number of rotatable bonds is 30. The molecular weight excluding hydrogens is 435 g/mol. The molecule has 200 valence electrons. The quantitative estimate of drug-likeness (QED) is 0.144. The van der Waals surface area contributed by atoms with Gasteiger partial charge < -0.3 is 37.9 Å². The van der Waals surface area contributed by atoms with Gasteiger partial charge in [0.05, 0.1) is 99.1 Å². The van der Waals surface area contributed by atoms with Crippen LogP contribution in [0.25, 0.3) is 0 Å². The highest BCUT2D eigenvalue weighted by Gasteiger charge is 1.95. The molecular formula is C24H49FO8. The van der Waals surface area contributed by atoms with Crippen LogP contribution in [0, 0.1) is 0 Å². The first kappa shape index (κ1) is 32.6. The average molecular weight is 485 g/mol. The lowest BCUT2D eigenvalue weighted by atomic mass is 10.1. The van der Waals surface area contributed by atoms with Crippen molar-refractivity contribution < 1.29 is 42.3 Å². The molecule has 0 unspecified atom stereocenters. The molecule has 0 aromatic heterocycles. The summed E-state index contributed by atoms with van der Waals surface area (Å²) in [4.78, 5) is 0. The lowest BCUT2D eigenvalue weighted by molar-refractivity contribution is -0.0233. The van der Waals surface area contributed by atoms with Gasteiger partial charge in [0.15, 0.2) is 0 Å². The molecule has 0 fully saturated rings. The van der Waals surface area contributed by atoms with Crippen LogP contribution in [0.1, 0.15) is 45.4 Å². The minimum atomic E-state index is -0.465. The fraction of sp³-hybridized carbons (Fsp3) is 1.00. The molecule has 0 heterocycles. The molecule has 0 aromatic rings. The number of unbranched alkanes of at least 4 members (excludes halogenated alkanes) is 5. The molecule has 0 spiro atoms. The summed E-state index contributed by atoms with van der Waals surface area (Å²) in [5, 5.41) is 0. The molecule has 0 bridgehead atoms. The van der Waals surface area contributed by atoms with Crippen molar-refractivity contribution in [2.24, 2.45) is 0 Å². The van der Waals surface area contributed by atoms with E-state index in [0.29, 0.717) is 92.5 Å². The van der Waals surface area contributed by atoms with Gasteiger partial charge in [-0.05, 0) is 6.42 Å². The van der Waals surface area contributed by atoms with Gasteiger partial charge in [-0.2, -0.15) is 0 Å². The second-order valence-electron chi connectivity index (χ2n) is 7.36.